The van der Waals surface area contributed by atoms with Crippen LogP contribution < -0.4 is 0 Å². The second-order valence-corrected chi connectivity index (χ2v) is 4.30. The maximum Gasteiger partial charge on any atom is -0.0190 e. The zero-order valence-corrected chi connectivity index (χ0v) is 9.09. The van der Waals surface area contributed by atoms with E-state index in [9.17, 15) is 0 Å². The maximum atomic E-state index is 2.35. The Bertz CT molecular complexity index is 347. The van der Waals surface area contributed by atoms with Crippen LogP contribution in [0.25, 0.3) is 0 Å². The Labute approximate surface area is 86.7 Å². The van der Waals surface area contributed by atoms with Crippen LogP contribution in [0.4, 0.5) is 0 Å². The number of allylic oxidation sites excluding steroid dienone is 2. The Kier molecular flexibility index (Phi) is 2.72. The first-order chi connectivity index (χ1) is 6.79. The predicted molar refractivity (Wildman–Crippen MR) is 61.5 cm³/mol. The average Bonchev–Trinajstić information content (AvgIpc) is 2.19. The standard InChI is InChI=1S/C14H18/c1-3-4-12-6-8-13-9-11(2)5-7-14(13)10-12/h3-5,7,9,12H,6,8,10H2,1-2H3/b4-3-. The first-order valence-corrected chi connectivity index (χ1v) is 5.51. The summed E-state index contributed by atoms with van der Waals surface area (Å²) in [5, 5.41) is 0. The van der Waals surface area contributed by atoms with Crippen LogP contribution in [0.3, 0.4) is 0 Å². The maximum absolute atomic E-state index is 2.35. The monoisotopic (exact) mass is 186 g/mol. The van der Waals surface area contributed by atoms with E-state index in [2.05, 4.69) is 44.2 Å². The van der Waals surface area contributed by atoms with Crippen LogP contribution in [0.5, 0.6) is 0 Å². The van der Waals surface area contributed by atoms with E-state index in [-0.39, 0.29) is 0 Å². The van der Waals surface area contributed by atoms with Crippen molar-refractivity contribution in [2.24, 2.45) is 5.92 Å². The van der Waals surface area contributed by atoms with E-state index in [0.29, 0.717) is 0 Å². The first-order valence-electron chi connectivity index (χ1n) is 5.51. The zero-order chi connectivity index (χ0) is 9.97. The Morgan fingerprint density at radius 2 is 2.14 bits per heavy atom. The van der Waals surface area contributed by atoms with Gasteiger partial charge in [-0.25, -0.2) is 0 Å². The molecule has 0 heterocycles. The van der Waals surface area contributed by atoms with Gasteiger partial charge in [-0.2, -0.15) is 0 Å². The number of hydrogen-bond acceptors (Lipinski definition) is 0. The molecule has 1 aromatic rings. The van der Waals surface area contributed by atoms with Crippen LogP contribution in [0, 0.1) is 12.8 Å². The van der Waals surface area contributed by atoms with E-state index in [4.69, 9.17) is 0 Å². The molecule has 2 rings (SSSR count). The highest BCUT2D eigenvalue weighted by Crippen LogP contribution is 2.26. The van der Waals surface area contributed by atoms with E-state index < -0.39 is 0 Å². The molecule has 74 valence electrons. The predicted octanol–water partition coefficient (Wildman–Crippen LogP) is 3.68. The molecule has 1 atom stereocenters. The van der Waals surface area contributed by atoms with Crippen molar-refractivity contribution in [3.63, 3.8) is 0 Å². The Balaban J connectivity index is 2.23. The summed E-state index contributed by atoms with van der Waals surface area (Å²) in [5.41, 5.74) is 4.53. The highest BCUT2D eigenvalue weighted by molar-refractivity contribution is 5.34. The molecule has 0 fully saturated rings. The van der Waals surface area contributed by atoms with Crippen molar-refractivity contribution in [2.75, 3.05) is 0 Å². The summed E-state index contributed by atoms with van der Waals surface area (Å²) >= 11 is 0. The molecule has 0 heteroatoms. The van der Waals surface area contributed by atoms with Gasteiger partial charge >= 0.3 is 0 Å². The lowest BCUT2D eigenvalue weighted by Crippen LogP contribution is -2.12. The highest BCUT2D eigenvalue weighted by Gasteiger charge is 2.15. The molecule has 1 aliphatic carbocycles. The van der Waals surface area contributed by atoms with E-state index in [1.807, 2.05) is 0 Å². The topological polar surface area (TPSA) is 0 Å². The van der Waals surface area contributed by atoms with Gasteiger partial charge in [-0.15, -0.1) is 0 Å². The number of rotatable bonds is 1. The molecule has 1 aromatic carbocycles. The Morgan fingerprint density at radius 3 is 2.93 bits per heavy atom. The number of fused-ring (bicyclic) bond motifs is 1. The van der Waals surface area contributed by atoms with Gasteiger partial charge in [-0.1, -0.05) is 35.9 Å². The molecule has 0 nitrogen and oxygen atoms in total. The largest absolute Gasteiger partial charge is 0.0914 e. The molecule has 0 spiro atoms. The molecule has 0 saturated heterocycles. The van der Waals surface area contributed by atoms with Crippen molar-refractivity contribution in [1.29, 1.82) is 0 Å². The minimum Gasteiger partial charge on any atom is -0.0914 e. The minimum absolute atomic E-state index is 0.773. The van der Waals surface area contributed by atoms with Crippen molar-refractivity contribution in [3.8, 4) is 0 Å². The third-order valence-corrected chi connectivity index (χ3v) is 3.09. The molecular formula is C14H18. The van der Waals surface area contributed by atoms with Gasteiger partial charge in [0.1, 0.15) is 0 Å². The SMILES string of the molecule is C/C=C\C1CCc2cc(C)ccc2C1. The van der Waals surface area contributed by atoms with Crippen LogP contribution in [0.15, 0.2) is 30.4 Å². The normalized spacial score (nSPS) is 21.1. The summed E-state index contributed by atoms with van der Waals surface area (Å²) in [6.45, 7) is 4.29. The summed E-state index contributed by atoms with van der Waals surface area (Å²) in [7, 11) is 0. The third-order valence-electron chi connectivity index (χ3n) is 3.09. The Morgan fingerprint density at radius 1 is 1.29 bits per heavy atom. The van der Waals surface area contributed by atoms with Gasteiger partial charge in [-0.05, 0) is 50.2 Å². The highest BCUT2D eigenvalue weighted by atomic mass is 14.2. The summed E-state index contributed by atoms with van der Waals surface area (Å²) in [6, 6.07) is 6.89. The van der Waals surface area contributed by atoms with Gasteiger partial charge in [0.25, 0.3) is 0 Å². The van der Waals surface area contributed by atoms with Crippen molar-refractivity contribution in [2.45, 2.75) is 33.1 Å². The van der Waals surface area contributed by atoms with Gasteiger partial charge in [-0.3, -0.25) is 0 Å². The van der Waals surface area contributed by atoms with Gasteiger partial charge < -0.3 is 0 Å². The summed E-state index contributed by atoms with van der Waals surface area (Å²) < 4.78 is 0. The molecule has 0 N–H and O–H groups in total. The second-order valence-electron chi connectivity index (χ2n) is 4.30. The summed E-state index contributed by atoms with van der Waals surface area (Å²) in [5.74, 6) is 0.773. The van der Waals surface area contributed by atoms with Crippen LogP contribution in [-0.4, -0.2) is 0 Å². The third kappa shape index (κ3) is 1.89. The van der Waals surface area contributed by atoms with Gasteiger partial charge in [0, 0.05) is 0 Å². The fourth-order valence-electron chi connectivity index (χ4n) is 2.35. The van der Waals surface area contributed by atoms with E-state index >= 15 is 0 Å². The second kappa shape index (κ2) is 4.00. The number of hydrogen-bond donors (Lipinski definition) is 0. The van der Waals surface area contributed by atoms with Crippen molar-refractivity contribution >= 4 is 0 Å². The van der Waals surface area contributed by atoms with Gasteiger partial charge in [0.2, 0.25) is 0 Å². The van der Waals surface area contributed by atoms with Crippen molar-refractivity contribution < 1.29 is 0 Å². The molecule has 0 radical (unpaired) electrons. The lowest BCUT2D eigenvalue weighted by molar-refractivity contribution is 0.552. The molecule has 0 aliphatic heterocycles. The molecule has 1 aliphatic rings. The van der Waals surface area contributed by atoms with E-state index in [0.717, 1.165) is 5.92 Å². The zero-order valence-electron chi connectivity index (χ0n) is 9.09. The van der Waals surface area contributed by atoms with E-state index in [1.54, 1.807) is 11.1 Å². The van der Waals surface area contributed by atoms with Crippen molar-refractivity contribution in [1.82, 2.24) is 0 Å². The molecule has 0 amide bonds. The van der Waals surface area contributed by atoms with Crippen LogP contribution in [-0.2, 0) is 12.8 Å². The van der Waals surface area contributed by atoms with Gasteiger partial charge in [0.05, 0.1) is 0 Å². The van der Waals surface area contributed by atoms with Gasteiger partial charge in [0.15, 0.2) is 0 Å². The molecule has 0 bridgehead atoms. The molecule has 0 saturated carbocycles. The number of aryl methyl sites for hydroxylation is 2. The Hall–Kier alpha value is -1.04. The lowest BCUT2D eigenvalue weighted by atomic mass is 9.83. The van der Waals surface area contributed by atoms with Crippen molar-refractivity contribution in [3.05, 3.63) is 47.0 Å². The minimum atomic E-state index is 0.773. The fraction of sp³-hybridized carbons (Fsp3) is 0.429. The summed E-state index contributed by atoms with van der Waals surface area (Å²) in [6.07, 6.45) is 8.35. The number of benzene rings is 1. The van der Waals surface area contributed by atoms with Crippen LogP contribution >= 0.6 is 0 Å². The summed E-state index contributed by atoms with van der Waals surface area (Å²) in [4.78, 5) is 0. The average molecular weight is 186 g/mol. The fourth-order valence-corrected chi connectivity index (χ4v) is 2.35. The molecular weight excluding hydrogens is 168 g/mol. The molecule has 14 heavy (non-hydrogen) atoms. The van der Waals surface area contributed by atoms with E-state index in [1.165, 1.54) is 24.8 Å². The molecule has 1 unspecified atom stereocenters. The van der Waals surface area contributed by atoms with Crippen LogP contribution in [0.1, 0.15) is 30.0 Å². The first kappa shape index (κ1) is 9.51. The van der Waals surface area contributed by atoms with Crippen LogP contribution in [0.2, 0.25) is 0 Å². The molecule has 0 aromatic heterocycles. The quantitative estimate of drug-likeness (QED) is 0.587. The lowest BCUT2D eigenvalue weighted by Gasteiger charge is -2.22. The smallest absolute Gasteiger partial charge is 0.0190 e.